The van der Waals surface area contributed by atoms with E-state index in [1.807, 2.05) is 6.92 Å². The maximum Gasteiger partial charge on any atom is 0.267 e. The molecule has 4 aromatic rings. The number of nitrogens with one attached hydrogen (secondary N) is 2. The highest BCUT2D eigenvalue weighted by atomic mass is 32.2. The Morgan fingerprint density at radius 3 is 2.62 bits per heavy atom. The zero-order valence-electron chi connectivity index (χ0n) is 15.7. The van der Waals surface area contributed by atoms with E-state index in [0.717, 1.165) is 18.2 Å². The Balaban J connectivity index is 1.81. The molecule has 0 unspecified atom stereocenters. The minimum absolute atomic E-state index is 0.172. The number of sulfonamides is 1. The molecule has 2 aromatic heterocycles. The smallest absolute Gasteiger partial charge is 0.267 e. The number of amides is 1. The summed E-state index contributed by atoms with van der Waals surface area (Å²) in [6.45, 7) is 2.39. The van der Waals surface area contributed by atoms with Gasteiger partial charge in [0.1, 0.15) is 5.69 Å². The fraction of sp³-hybridized carbons (Fsp3) is 0.211. The van der Waals surface area contributed by atoms with Crippen molar-refractivity contribution in [2.24, 2.45) is 5.73 Å². The number of rotatable bonds is 7. The number of H-pyrrole nitrogens is 1. The SMILES string of the molecule is CCCCNS(=O)(=O)c1ccc(-n2[nH]c(C(N)=O)c3ccc4nncc4c32)cc1. The second kappa shape index (κ2) is 7.30. The van der Waals surface area contributed by atoms with Gasteiger partial charge in [0.2, 0.25) is 10.0 Å². The molecule has 150 valence electrons. The van der Waals surface area contributed by atoms with Crippen LogP contribution in [0.25, 0.3) is 27.5 Å². The Bertz CT molecular complexity index is 1310. The summed E-state index contributed by atoms with van der Waals surface area (Å²) in [7, 11) is -3.57. The molecular formula is C19H20N6O3S. The van der Waals surface area contributed by atoms with Gasteiger partial charge in [0.05, 0.1) is 27.8 Å². The Morgan fingerprint density at radius 2 is 1.93 bits per heavy atom. The van der Waals surface area contributed by atoms with Crippen LogP contribution in [0.3, 0.4) is 0 Å². The van der Waals surface area contributed by atoms with Crippen molar-refractivity contribution in [1.29, 1.82) is 0 Å². The van der Waals surface area contributed by atoms with Crippen molar-refractivity contribution in [3.05, 3.63) is 48.3 Å². The summed E-state index contributed by atoms with van der Waals surface area (Å²) in [5.74, 6) is -0.597. The first-order valence-electron chi connectivity index (χ1n) is 9.17. The van der Waals surface area contributed by atoms with Crippen LogP contribution in [0.4, 0.5) is 0 Å². The maximum atomic E-state index is 12.4. The van der Waals surface area contributed by atoms with E-state index in [1.165, 1.54) is 12.1 Å². The molecule has 0 aliphatic carbocycles. The van der Waals surface area contributed by atoms with Gasteiger partial charge < -0.3 is 5.73 Å². The van der Waals surface area contributed by atoms with Gasteiger partial charge in [0.15, 0.2) is 0 Å². The van der Waals surface area contributed by atoms with Gasteiger partial charge in [0, 0.05) is 17.3 Å². The Hall–Kier alpha value is -3.24. The van der Waals surface area contributed by atoms with Crippen LogP contribution in [0.2, 0.25) is 0 Å². The number of hydrogen-bond acceptors (Lipinski definition) is 5. The van der Waals surface area contributed by atoms with Crippen LogP contribution in [-0.2, 0) is 10.0 Å². The topological polar surface area (TPSA) is 136 Å². The van der Waals surface area contributed by atoms with Crippen LogP contribution in [0.1, 0.15) is 30.3 Å². The summed E-state index contributed by atoms with van der Waals surface area (Å²) < 4.78 is 29.1. The third-order valence-electron chi connectivity index (χ3n) is 4.74. The second-order valence-corrected chi connectivity index (χ2v) is 8.44. The number of carbonyl (C=O) groups excluding carboxylic acids is 1. The molecular weight excluding hydrogens is 392 g/mol. The summed E-state index contributed by atoms with van der Waals surface area (Å²) in [5, 5.41) is 12.4. The predicted octanol–water partition coefficient (Wildman–Crippen LogP) is 2.08. The number of carbonyl (C=O) groups is 1. The van der Waals surface area contributed by atoms with Crippen LogP contribution in [0.5, 0.6) is 0 Å². The third kappa shape index (κ3) is 3.36. The fourth-order valence-electron chi connectivity index (χ4n) is 3.25. The predicted molar refractivity (Wildman–Crippen MR) is 109 cm³/mol. The lowest BCUT2D eigenvalue weighted by Gasteiger charge is -2.09. The highest BCUT2D eigenvalue weighted by Crippen LogP contribution is 2.29. The largest absolute Gasteiger partial charge is 0.364 e. The first-order valence-corrected chi connectivity index (χ1v) is 10.7. The molecule has 0 bridgehead atoms. The molecule has 1 amide bonds. The monoisotopic (exact) mass is 412 g/mol. The van der Waals surface area contributed by atoms with E-state index in [2.05, 4.69) is 20.0 Å². The van der Waals surface area contributed by atoms with Gasteiger partial charge in [-0.3, -0.25) is 14.6 Å². The van der Waals surface area contributed by atoms with Crippen molar-refractivity contribution in [2.75, 3.05) is 6.54 Å². The summed E-state index contributed by atoms with van der Waals surface area (Å²) in [6, 6.07) is 9.90. The summed E-state index contributed by atoms with van der Waals surface area (Å²) in [5.41, 5.74) is 7.79. The number of unbranched alkanes of at least 4 members (excludes halogenated alkanes) is 1. The Morgan fingerprint density at radius 1 is 1.17 bits per heavy atom. The number of nitrogens with two attached hydrogens (primary N) is 1. The van der Waals surface area contributed by atoms with Gasteiger partial charge in [-0.1, -0.05) is 13.3 Å². The minimum Gasteiger partial charge on any atom is -0.364 e. The van der Waals surface area contributed by atoms with E-state index in [9.17, 15) is 13.2 Å². The molecule has 4 N–H and O–H groups in total. The fourth-order valence-corrected chi connectivity index (χ4v) is 4.33. The van der Waals surface area contributed by atoms with E-state index in [4.69, 9.17) is 5.73 Å². The highest BCUT2D eigenvalue weighted by Gasteiger charge is 2.19. The maximum absolute atomic E-state index is 12.4. The molecule has 0 atom stereocenters. The molecule has 0 radical (unpaired) electrons. The number of hydrogen-bond donors (Lipinski definition) is 3. The molecule has 4 rings (SSSR count). The molecule has 0 aliphatic rings. The first-order chi connectivity index (χ1) is 13.9. The Kier molecular flexibility index (Phi) is 4.81. The lowest BCUT2D eigenvalue weighted by atomic mass is 10.1. The molecule has 29 heavy (non-hydrogen) atoms. The zero-order chi connectivity index (χ0) is 20.6. The van der Waals surface area contributed by atoms with Crippen molar-refractivity contribution >= 4 is 37.7 Å². The molecule has 0 saturated carbocycles. The molecule has 0 fully saturated rings. The normalized spacial score (nSPS) is 12.0. The van der Waals surface area contributed by atoms with Gasteiger partial charge in [-0.25, -0.2) is 13.1 Å². The number of primary amides is 1. The quantitative estimate of drug-likeness (QED) is 0.399. The van der Waals surface area contributed by atoms with Crippen LogP contribution in [-0.4, -0.2) is 40.8 Å². The number of fused-ring (bicyclic) bond motifs is 3. The minimum atomic E-state index is -3.57. The lowest BCUT2D eigenvalue weighted by molar-refractivity contribution is 0.0996. The highest BCUT2D eigenvalue weighted by molar-refractivity contribution is 7.89. The number of nitrogens with zero attached hydrogens (tertiary/aromatic N) is 3. The van der Waals surface area contributed by atoms with Gasteiger partial charge in [-0.05, 0) is 42.8 Å². The molecule has 0 spiro atoms. The van der Waals surface area contributed by atoms with Gasteiger partial charge in [-0.15, -0.1) is 0 Å². The first kappa shape index (κ1) is 19.1. The van der Waals surface area contributed by atoms with Gasteiger partial charge in [0.25, 0.3) is 5.91 Å². The zero-order valence-corrected chi connectivity index (χ0v) is 16.5. The molecule has 9 nitrogen and oxygen atoms in total. The number of aromatic amines is 1. The van der Waals surface area contributed by atoms with Crippen LogP contribution >= 0.6 is 0 Å². The van der Waals surface area contributed by atoms with E-state index in [-0.39, 0.29) is 10.6 Å². The van der Waals surface area contributed by atoms with Crippen LogP contribution in [0, 0.1) is 0 Å². The van der Waals surface area contributed by atoms with Crippen molar-refractivity contribution in [2.45, 2.75) is 24.7 Å². The molecule has 2 aromatic carbocycles. The van der Waals surface area contributed by atoms with Gasteiger partial charge in [-0.2, -0.15) is 10.2 Å². The molecule has 0 saturated heterocycles. The average Bonchev–Trinajstić information content (AvgIpc) is 3.32. The molecule has 10 heteroatoms. The second-order valence-electron chi connectivity index (χ2n) is 6.67. The van der Waals surface area contributed by atoms with Crippen molar-refractivity contribution in [3.63, 3.8) is 0 Å². The summed E-state index contributed by atoms with van der Waals surface area (Å²) in [6.07, 6.45) is 3.29. The van der Waals surface area contributed by atoms with E-state index < -0.39 is 15.9 Å². The van der Waals surface area contributed by atoms with Crippen molar-refractivity contribution < 1.29 is 13.2 Å². The third-order valence-corrected chi connectivity index (χ3v) is 6.21. The van der Waals surface area contributed by atoms with Crippen molar-refractivity contribution in [3.8, 4) is 5.69 Å². The van der Waals surface area contributed by atoms with Crippen LogP contribution < -0.4 is 10.5 Å². The Labute approximate surface area is 166 Å². The molecule has 2 heterocycles. The lowest BCUT2D eigenvalue weighted by Crippen LogP contribution is -2.24. The molecule has 0 aliphatic heterocycles. The summed E-state index contributed by atoms with van der Waals surface area (Å²) >= 11 is 0. The van der Waals surface area contributed by atoms with E-state index >= 15 is 0 Å². The van der Waals surface area contributed by atoms with Crippen LogP contribution in [0.15, 0.2) is 47.5 Å². The number of benzene rings is 2. The van der Waals surface area contributed by atoms with Gasteiger partial charge >= 0.3 is 0 Å². The van der Waals surface area contributed by atoms with E-state index in [1.54, 1.807) is 35.1 Å². The van der Waals surface area contributed by atoms with Crippen molar-refractivity contribution in [1.82, 2.24) is 24.7 Å². The average molecular weight is 412 g/mol. The standard InChI is InChI=1S/C19H20N6O3S/c1-2-3-10-22-29(27,28)13-6-4-12(5-7-13)25-18-14(17(24-25)19(20)26)8-9-16-15(18)11-21-23-16/h4-9,11,22,24H,2-3,10H2,1H3,(H2,20,26). The summed E-state index contributed by atoms with van der Waals surface area (Å²) in [4.78, 5) is 12.1. The number of aromatic nitrogens is 4. The van der Waals surface area contributed by atoms with E-state index in [0.29, 0.717) is 28.7 Å².